The summed E-state index contributed by atoms with van der Waals surface area (Å²) in [5, 5.41) is 9.19. The molecular formula is C16H25N3O2S. The normalized spacial score (nSPS) is 19.1. The highest BCUT2D eigenvalue weighted by atomic mass is 32.2. The molecule has 1 aromatic rings. The number of nitrogens with zero attached hydrogens (tertiary/aromatic N) is 3. The van der Waals surface area contributed by atoms with E-state index in [0.717, 1.165) is 42.4 Å². The molecule has 1 aliphatic heterocycles. The fourth-order valence-corrected chi connectivity index (χ4v) is 3.30. The van der Waals surface area contributed by atoms with Gasteiger partial charge in [0.05, 0.1) is 5.69 Å². The van der Waals surface area contributed by atoms with Gasteiger partial charge in [-0.05, 0) is 58.6 Å². The minimum atomic E-state index is -0.434. The first-order valence-corrected chi connectivity index (χ1v) is 8.73. The highest BCUT2D eigenvalue weighted by molar-refractivity contribution is 7.99. The average Bonchev–Trinajstić information content (AvgIpc) is 2.45. The second-order valence-corrected chi connectivity index (χ2v) is 7.80. The van der Waals surface area contributed by atoms with Crippen molar-refractivity contribution in [2.24, 2.45) is 5.92 Å². The maximum atomic E-state index is 12.1. The fourth-order valence-electron chi connectivity index (χ4n) is 2.36. The van der Waals surface area contributed by atoms with Gasteiger partial charge in [0.15, 0.2) is 0 Å². The molecule has 0 bridgehead atoms. The van der Waals surface area contributed by atoms with Crippen molar-refractivity contribution in [2.45, 2.75) is 51.2 Å². The third kappa shape index (κ3) is 5.48. The quantitative estimate of drug-likeness (QED) is 0.797. The number of thioether (sulfide) groups is 1. The second-order valence-electron chi connectivity index (χ2n) is 6.76. The van der Waals surface area contributed by atoms with Crippen molar-refractivity contribution in [1.29, 1.82) is 0 Å². The zero-order valence-electron chi connectivity index (χ0n) is 13.8. The lowest BCUT2D eigenvalue weighted by Gasteiger charge is -2.34. The monoisotopic (exact) mass is 323 g/mol. The van der Waals surface area contributed by atoms with E-state index in [9.17, 15) is 4.79 Å². The van der Waals surface area contributed by atoms with Gasteiger partial charge in [-0.25, -0.2) is 4.79 Å². The van der Waals surface area contributed by atoms with Gasteiger partial charge in [0.25, 0.3) is 0 Å². The Morgan fingerprint density at radius 2 is 2.18 bits per heavy atom. The molecule has 0 N–H and O–H groups in total. The second kappa shape index (κ2) is 7.31. The Labute approximate surface area is 136 Å². The third-order valence-corrected chi connectivity index (χ3v) is 4.56. The molecule has 0 saturated carbocycles. The van der Waals surface area contributed by atoms with Crippen LogP contribution in [0.3, 0.4) is 0 Å². The molecular weight excluding hydrogens is 298 g/mol. The maximum absolute atomic E-state index is 12.1. The molecule has 1 aromatic heterocycles. The number of carbonyl (C=O) groups excluding carboxylic acids is 1. The summed E-state index contributed by atoms with van der Waals surface area (Å²) in [6, 6.07) is 3.98. The van der Waals surface area contributed by atoms with Crippen molar-refractivity contribution in [3.05, 3.63) is 17.8 Å². The third-order valence-electron chi connectivity index (χ3n) is 3.41. The smallest absolute Gasteiger partial charge is 0.410 e. The summed E-state index contributed by atoms with van der Waals surface area (Å²) in [7, 11) is 0. The van der Waals surface area contributed by atoms with Gasteiger partial charge in [0.2, 0.25) is 0 Å². The van der Waals surface area contributed by atoms with E-state index in [4.69, 9.17) is 4.74 Å². The van der Waals surface area contributed by atoms with E-state index in [1.165, 1.54) is 0 Å². The molecule has 2 rings (SSSR count). The van der Waals surface area contributed by atoms with Crippen LogP contribution in [0.25, 0.3) is 0 Å². The van der Waals surface area contributed by atoms with Crippen LogP contribution in [0.15, 0.2) is 17.2 Å². The van der Waals surface area contributed by atoms with Crippen LogP contribution in [-0.2, 0) is 4.74 Å². The van der Waals surface area contributed by atoms with Crippen LogP contribution >= 0.6 is 11.8 Å². The van der Waals surface area contributed by atoms with Gasteiger partial charge < -0.3 is 9.64 Å². The zero-order chi connectivity index (χ0) is 16.2. The number of likely N-dealkylation sites (tertiary alicyclic amines) is 1. The minimum absolute atomic E-state index is 0.197. The SMILES string of the molecule is Cc1ccc(SCC2CCCN(C(=O)OC(C)(C)C)C2)nn1. The fraction of sp³-hybridized carbons (Fsp3) is 0.688. The van der Waals surface area contributed by atoms with Crippen molar-refractivity contribution < 1.29 is 9.53 Å². The molecule has 1 unspecified atom stereocenters. The van der Waals surface area contributed by atoms with Crippen LogP contribution in [0, 0.1) is 12.8 Å². The number of aryl methyl sites for hydroxylation is 1. The summed E-state index contributed by atoms with van der Waals surface area (Å²) >= 11 is 1.71. The summed E-state index contributed by atoms with van der Waals surface area (Å²) in [4.78, 5) is 14.0. The van der Waals surface area contributed by atoms with Crippen molar-refractivity contribution in [2.75, 3.05) is 18.8 Å². The van der Waals surface area contributed by atoms with Crippen LogP contribution in [0.1, 0.15) is 39.3 Å². The lowest BCUT2D eigenvalue weighted by atomic mass is 10.0. The van der Waals surface area contributed by atoms with Crippen molar-refractivity contribution in [3.8, 4) is 0 Å². The average molecular weight is 323 g/mol. The molecule has 1 fully saturated rings. The van der Waals surface area contributed by atoms with Crippen LogP contribution in [0.4, 0.5) is 4.79 Å². The zero-order valence-corrected chi connectivity index (χ0v) is 14.7. The Hall–Kier alpha value is -1.30. The van der Waals surface area contributed by atoms with Gasteiger partial charge >= 0.3 is 6.09 Å². The predicted octanol–water partition coefficient (Wildman–Crippen LogP) is 3.52. The van der Waals surface area contributed by atoms with Gasteiger partial charge in [-0.15, -0.1) is 16.9 Å². The first-order chi connectivity index (χ1) is 10.3. The standard InChI is InChI=1S/C16H25N3O2S/c1-12-7-8-14(18-17-12)22-11-13-6-5-9-19(10-13)15(20)21-16(2,3)4/h7-8,13H,5-6,9-11H2,1-4H3. The number of hydrogen-bond donors (Lipinski definition) is 0. The van der Waals surface area contributed by atoms with Gasteiger partial charge in [-0.3, -0.25) is 0 Å². The molecule has 1 atom stereocenters. The van der Waals surface area contributed by atoms with E-state index in [-0.39, 0.29) is 6.09 Å². The Kier molecular flexibility index (Phi) is 5.67. The lowest BCUT2D eigenvalue weighted by molar-refractivity contribution is 0.0177. The largest absolute Gasteiger partial charge is 0.444 e. The maximum Gasteiger partial charge on any atom is 0.410 e. The minimum Gasteiger partial charge on any atom is -0.444 e. The number of amides is 1. The summed E-state index contributed by atoms with van der Waals surface area (Å²) < 4.78 is 5.46. The Morgan fingerprint density at radius 3 is 2.82 bits per heavy atom. The highest BCUT2D eigenvalue weighted by Gasteiger charge is 2.27. The Balaban J connectivity index is 1.82. The van der Waals surface area contributed by atoms with Gasteiger partial charge in [-0.1, -0.05) is 0 Å². The predicted molar refractivity (Wildman–Crippen MR) is 88.0 cm³/mol. The molecule has 0 spiro atoms. The topological polar surface area (TPSA) is 55.3 Å². The number of carbonyl (C=O) groups is 1. The molecule has 0 aromatic carbocycles. The highest BCUT2D eigenvalue weighted by Crippen LogP contribution is 2.25. The van der Waals surface area contributed by atoms with E-state index >= 15 is 0 Å². The molecule has 0 aliphatic carbocycles. The number of ether oxygens (including phenoxy) is 1. The Bertz CT molecular complexity index is 499. The molecule has 1 aliphatic rings. The molecule has 6 heteroatoms. The number of hydrogen-bond acceptors (Lipinski definition) is 5. The van der Waals surface area contributed by atoms with E-state index in [1.54, 1.807) is 11.8 Å². The first kappa shape index (κ1) is 17.1. The van der Waals surface area contributed by atoms with Gasteiger partial charge in [0, 0.05) is 18.8 Å². The van der Waals surface area contributed by atoms with E-state index in [1.807, 2.05) is 44.7 Å². The first-order valence-electron chi connectivity index (χ1n) is 7.74. The summed E-state index contributed by atoms with van der Waals surface area (Å²) in [5.74, 6) is 1.44. The Morgan fingerprint density at radius 1 is 1.41 bits per heavy atom. The molecule has 122 valence electrons. The van der Waals surface area contributed by atoms with E-state index < -0.39 is 5.60 Å². The molecule has 2 heterocycles. The van der Waals surface area contributed by atoms with Crippen molar-refractivity contribution >= 4 is 17.9 Å². The van der Waals surface area contributed by atoms with Gasteiger partial charge in [-0.2, -0.15) is 5.10 Å². The van der Waals surface area contributed by atoms with Crippen molar-refractivity contribution in [3.63, 3.8) is 0 Å². The molecule has 1 amide bonds. The molecule has 22 heavy (non-hydrogen) atoms. The van der Waals surface area contributed by atoms with Crippen LogP contribution in [0.2, 0.25) is 0 Å². The number of piperidine rings is 1. The number of aromatic nitrogens is 2. The van der Waals surface area contributed by atoms with Crippen LogP contribution in [0.5, 0.6) is 0 Å². The van der Waals surface area contributed by atoms with Crippen molar-refractivity contribution in [1.82, 2.24) is 15.1 Å². The van der Waals surface area contributed by atoms with Gasteiger partial charge in [0.1, 0.15) is 10.6 Å². The lowest BCUT2D eigenvalue weighted by Crippen LogP contribution is -2.43. The summed E-state index contributed by atoms with van der Waals surface area (Å²) in [5.41, 5.74) is 0.495. The molecule has 0 radical (unpaired) electrons. The van der Waals surface area contributed by atoms with Crippen LogP contribution in [-0.4, -0.2) is 45.6 Å². The number of rotatable bonds is 3. The van der Waals surface area contributed by atoms with E-state index in [2.05, 4.69) is 10.2 Å². The summed E-state index contributed by atoms with van der Waals surface area (Å²) in [6.07, 6.45) is 1.98. The molecule has 5 nitrogen and oxygen atoms in total. The summed E-state index contributed by atoms with van der Waals surface area (Å²) in [6.45, 7) is 9.19. The van der Waals surface area contributed by atoms with Crippen LogP contribution < -0.4 is 0 Å². The molecule has 1 saturated heterocycles. The van der Waals surface area contributed by atoms with E-state index in [0.29, 0.717) is 5.92 Å².